The van der Waals surface area contributed by atoms with Gasteiger partial charge >= 0.3 is 0 Å². The van der Waals surface area contributed by atoms with Crippen LogP contribution in [0.5, 0.6) is 0 Å². The number of furan rings is 1. The summed E-state index contributed by atoms with van der Waals surface area (Å²) < 4.78 is 10.8. The number of aliphatic imine (C=N–C) groups is 1. The van der Waals surface area contributed by atoms with Crippen LogP contribution in [0.15, 0.2) is 21.5 Å². The zero-order valence-electron chi connectivity index (χ0n) is 14.6. The van der Waals surface area contributed by atoms with Gasteiger partial charge in [0.05, 0.1) is 6.10 Å². The Kier molecular flexibility index (Phi) is 7.09. The molecule has 1 aromatic heterocycles. The van der Waals surface area contributed by atoms with Crippen molar-refractivity contribution in [3.63, 3.8) is 0 Å². The highest BCUT2D eigenvalue weighted by Crippen LogP contribution is 2.20. The first-order chi connectivity index (χ1) is 10.8. The zero-order valence-corrected chi connectivity index (χ0v) is 14.6. The first-order valence-corrected chi connectivity index (χ1v) is 7.71. The van der Waals surface area contributed by atoms with Gasteiger partial charge in [-0.05, 0) is 24.5 Å². The van der Waals surface area contributed by atoms with E-state index in [1.165, 1.54) is 0 Å². The fourth-order valence-electron chi connectivity index (χ4n) is 2.03. The van der Waals surface area contributed by atoms with Crippen molar-refractivity contribution in [2.24, 2.45) is 16.1 Å². The second-order valence-electron chi connectivity index (χ2n) is 6.30. The number of amides is 1. The van der Waals surface area contributed by atoms with Gasteiger partial charge in [0.25, 0.3) is 5.91 Å². The minimum Gasteiger partial charge on any atom is -0.454 e. The molecule has 0 saturated carbocycles. The molecule has 0 spiro atoms. The Morgan fingerprint density at radius 1 is 1.39 bits per heavy atom. The number of nitrogens with zero attached hydrogens (tertiary/aromatic N) is 1. The molecular weight excluding hydrogens is 296 g/mol. The molecule has 1 rings (SSSR count). The van der Waals surface area contributed by atoms with Gasteiger partial charge in [0.1, 0.15) is 12.3 Å². The Hall–Kier alpha value is -2.02. The van der Waals surface area contributed by atoms with Crippen LogP contribution in [-0.2, 0) is 11.3 Å². The summed E-state index contributed by atoms with van der Waals surface area (Å²) >= 11 is 0. The van der Waals surface area contributed by atoms with Crippen molar-refractivity contribution in [3.05, 3.63) is 23.7 Å². The van der Waals surface area contributed by atoms with Gasteiger partial charge in [-0.1, -0.05) is 20.8 Å². The highest BCUT2D eigenvalue weighted by molar-refractivity contribution is 5.89. The second kappa shape index (κ2) is 8.57. The van der Waals surface area contributed by atoms with Gasteiger partial charge < -0.3 is 25.5 Å². The number of hydrogen-bond donors (Lipinski definition) is 3. The predicted molar refractivity (Wildman–Crippen MR) is 90.3 cm³/mol. The average molecular weight is 324 g/mol. The Morgan fingerprint density at radius 3 is 2.57 bits per heavy atom. The quantitative estimate of drug-likeness (QED) is 0.521. The van der Waals surface area contributed by atoms with Crippen molar-refractivity contribution in [2.75, 3.05) is 20.2 Å². The van der Waals surface area contributed by atoms with Gasteiger partial charge in [-0.2, -0.15) is 0 Å². The van der Waals surface area contributed by atoms with Crippen LogP contribution in [0.1, 0.15) is 44.0 Å². The van der Waals surface area contributed by atoms with Crippen LogP contribution in [-0.4, -0.2) is 38.2 Å². The van der Waals surface area contributed by atoms with Gasteiger partial charge in [0.15, 0.2) is 11.7 Å². The third-order valence-corrected chi connectivity index (χ3v) is 3.35. The maximum absolute atomic E-state index is 11.0. The molecule has 0 radical (unpaired) electrons. The SMILES string of the molecule is CCNC(=NCc1ccc(C(N)=O)o1)NCC(OC)C(C)(C)C. The maximum Gasteiger partial charge on any atom is 0.284 e. The summed E-state index contributed by atoms with van der Waals surface area (Å²) in [4.78, 5) is 15.5. The van der Waals surface area contributed by atoms with Gasteiger partial charge in [-0.15, -0.1) is 0 Å². The fraction of sp³-hybridized carbons (Fsp3) is 0.625. The maximum atomic E-state index is 11.0. The molecule has 1 atom stereocenters. The zero-order chi connectivity index (χ0) is 17.5. The summed E-state index contributed by atoms with van der Waals surface area (Å²) in [5.74, 6) is 0.796. The molecule has 1 unspecified atom stereocenters. The molecule has 130 valence electrons. The Bertz CT molecular complexity index is 532. The van der Waals surface area contributed by atoms with E-state index in [1.807, 2.05) is 6.92 Å². The molecule has 7 heteroatoms. The van der Waals surface area contributed by atoms with E-state index in [0.29, 0.717) is 24.8 Å². The lowest BCUT2D eigenvalue weighted by molar-refractivity contribution is 0.0205. The van der Waals surface area contributed by atoms with E-state index >= 15 is 0 Å². The van der Waals surface area contributed by atoms with E-state index in [1.54, 1.807) is 19.2 Å². The van der Waals surface area contributed by atoms with E-state index < -0.39 is 5.91 Å². The van der Waals surface area contributed by atoms with Crippen molar-refractivity contribution < 1.29 is 13.9 Å². The van der Waals surface area contributed by atoms with Crippen molar-refractivity contribution in [1.29, 1.82) is 0 Å². The molecule has 1 amide bonds. The lowest BCUT2D eigenvalue weighted by Crippen LogP contribution is -2.45. The van der Waals surface area contributed by atoms with Crippen LogP contribution >= 0.6 is 0 Å². The molecule has 0 aliphatic heterocycles. The number of methoxy groups -OCH3 is 1. The van der Waals surface area contributed by atoms with Crippen molar-refractivity contribution >= 4 is 11.9 Å². The first-order valence-electron chi connectivity index (χ1n) is 7.71. The molecule has 0 aromatic carbocycles. The molecule has 7 nitrogen and oxygen atoms in total. The smallest absolute Gasteiger partial charge is 0.284 e. The summed E-state index contributed by atoms with van der Waals surface area (Å²) in [7, 11) is 1.70. The van der Waals surface area contributed by atoms with Gasteiger partial charge in [-0.25, -0.2) is 4.99 Å². The van der Waals surface area contributed by atoms with Crippen molar-refractivity contribution in [1.82, 2.24) is 10.6 Å². The largest absolute Gasteiger partial charge is 0.454 e. The fourth-order valence-corrected chi connectivity index (χ4v) is 2.03. The number of nitrogens with two attached hydrogens (primary N) is 1. The number of hydrogen-bond acceptors (Lipinski definition) is 4. The molecular formula is C16H28N4O3. The summed E-state index contributed by atoms with van der Waals surface area (Å²) in [6.07, 6.45) is 0.0523. The number of nitrogens with one attached hydrogen (secondary N) is 2. The van der Waals surface area contributed by atoms with E-state index in [4.69, 9.17) is 14.9 Å². The third-order valence-electron chi connectivity index (χ3n) is 3.35. The number of rotatable bonds is 7. The topological polar surface area (TPSA) is 102 Å². The van der Waals surface area contributed by atoms with Gasteiger partial charge in [0.2, 0.25) is 0 Å². The average Bonchev–Trinajstić information content (AvgIpc) is 2.93. The Balaban J connectivity index is 2.67. The van der Waals surface area contributed by atoms with Crippen LogP contribution in [0.3, 0.4) is 0 Å². The predicted octanol–water partition coefficient (Wildman–Crippen LogP) is 1.49. The van der Waals surface area contributed by atoms with E-state index in [9.17, 15) is 4.79 Å². The van der Waals surface area contributed by atoms with Crippen LogP contribution in [0.4, 0.5) is 0 Å². The highest BCUT2D eigenvalue weighted by atomic mass is 16.5. The minimum absolute atomic E-state index is 0.0243. The molecule has 0 aliphatic rings. The summed E-state index contributed by atoms with van der Waals surface area (Å²) in [6.45, 7) is 10.1. The van der Waals surface area contributed by atoms with Crippen LogP contribution in [0, 0.1) is 5.41 Å². The van der Waals surface area contributed by atoms with E-state index in [0.717, 1.165) is 6.54 Å². The molecule has 4 N–H and O–H groups in total. The molecule has 0 bridgehead atoms. The lowest BCUT2D eigenvalue weighted by Gasteiger charge is -2.30. The molecule has 0 saturated heterocycles. The Morgan fingerprint density at radius 2 is 2.09 bits per heavy atom. The summed E-state index contributed by atoms with van der Waals surface area (Å²) in [6, 6.07) is 3.24. The number of ether oxygens (including phenoxy) is 1. The monoisotopic (exact) mass is 324 g/mol. The molecule has 0 fully saturated rings. The molecule has 23 heavy (non-hydrogen) atoms. The minimum atomic E-state index is -0.585. The van der Waals surface area contributed by atoms with E-state index in [-0.39, 0.29) is 17.3 Å². The first kappa shape index (κ1) is 19.0. The number of carbonyl (C=O) groups excluding carboxylic acids is 1. The Labute approximate surface area is 137 Å². The number of primary amides is 1. The molecule has 1 aromatic rings. The van der Waals surface area contributed by atoms with Crippen LogP contribution < -0.4 is 16.4 Å². The lowest BCUT2D eigenvalue weighted by atomic mass is 9.89. The summed E-state index contributed by atoms with van der Waals surface area (Å²) in [5.41, 5.74) is 5.18. The second-order valence-corrected chi connectivity index (χ2v) is 6.30. The normalized spacial score (nSPS) is 13.7. The summed E-state index contributed by atoms with van der Waals surface area (Å²) in [5, 5.41) is 6.42. The highest BCUT2D eigenvalue weighted by Gasteiger charge is 2.24. The van der Waals surface area contributed by atoms with E-state index in [2.05, 4.69) is 36.4 Å². The van der Waals surface area contributed by atoms with Crippen LogP contribution in [0.2, 0.25) is 0 Å². The van der Waals surface area contributed by atoms with Crippen molar-refractivity contribution in [3.8, 4) is 0 Å². The third kappa shape index (κ3) is 6.32. The number of guanidine groups is 1. The van der Waals surface area contributed by atoms with Crippen molar-refractivity contribution in [2.45, 2.75) is 40.3 Å². The van der Waals surface area contributed by atoms with Gasteiger partial charge in [0, 0.05) is 20.2 Å². The van der Waals surface area contributed by atoms with Gasteiger partial charge in [-0.3, -0.25) is 4.79 Å². The molecule has 1 heterocycles. The van der Waals surface area contributed by atoms with Crippen LogP contribution in [0.25, 0.3) is 0 Å². The number of carbonyl (C=O) groups is 1. The molecule has 0 aliphatic carbocycles. The standard InChI is InChI=1S/C16H28N4O3/c1-6-18-15(20-10-13(22-5)16(2,3)4)19-9-11-7-8-12(23-11)14(17)21/h7-8,13H,6,9-10H2,1-5H3,(H2,17,21)(H2,18,19,20).